The summed E-state index contributed by atoms with van der Waals surface area (Å²) in [6.07, 6.45) is 18.4. The van der Waals surface area contributed by atoms with E-state index in [1.165, 1.54) is 70.6 Å². The Morgan fingerprint density at radius 1 is 0.500 bits per heavy atom. The average molecular weight is 791 g/mol. The summed E-state index contributed by atoms with van der Waals surface area (Å²) in [6, 6.07) is 31.2. The Labute approximate surface area is 345 Å². The van der Waals surface area contributed by atoms with Crippen LogP contribution in [0, 0.1) is 0 Å². The van der Waals surface area contributed by atoms with Crippen LogP contribution in [0.3, 0.4) is 0 Å². The lowest BCUT2D eigenvalue weighted by molar-refractivity contribution is 0.0319. The molecule has 0 radical (unpaired) electrons. The van der Waals surface area contributed by atoms with Crippen molar-refractivity contribution in [2.75, 3.05) is 33.0 Å². The minimum Gasteiger partial charge on any atom is -0.491 e. The molecular weight excluding hydrogens is 729 g/mol. The smallest absolute Gasteiger partial charge is 0.338 e. The van der Waals surface area contributed by atoms with Crippen LogP contribution in [0.1, 0.15) is 124 Å². The van der Waals surface area contributed by atoms with E-state index in [1.807, 2.05) is 104 Å². The van der Waals surface area contributed by atoms with Crippen LogP contribution in [-0.4, -0.2) is 63.3 Å². The molecule has 4 aromatic carbocycles. The summed E-state index contributed by atoms with van der Waals surface area (Å²) in [6.45, 7) is 5.22. The average Bonchev–Trinajstić information content (AvgIpc) is 4.21. The fraction of sp³-hybridized carbons (Fsp3) is 0.480. The van der Waals surface area contributed by atoms with Crippen molar-refractivity contribution in [2.45, 2.75) is 122 Å². The molecule has 0 aliphatic carbocycles. The van der Waals surface area contributed by atoms with E-state index in [1.54, 1.807) is 0 Å². The van der Waals surface area contributed by atoms with E-state index >= 15 is 0 Å². The van der Waals surface area contributed by atoms with E-state index in [9.17, 15) is 9.59 Å². The molecular formula is C50H62O8. The maximum atomic E-state index is 12.7. The van der Waals surface area contributed by atoms with Crippen molar-refractivity contribution in [3.8, 4) is 33.8 Å². The number of benzene rings is 4. The standard InChI is InChI=1S/C50H62O8/c1-38(58-50(52)44-23-19-40(20-24-44)42-27-31-46(32-28-42)55-35-48-37-57-48)16-14-12-10-8-6-4-2-3-5-7-9-11-13-15-33-53-49(51)43-21-17-39(18-22-43)41-25-29-45(30-26-41)54-34-47-36-56-47/h17-32,38,47-48H,2-16,33-37H2,1H3. The second-order valence-electron chi connectivity index (χ2n) is 15.8. The van der Waals surface area contributed by atoms with E-state index in [-0.39, 0.29) is 30.3 Å². The van der Waals surface area contributed by atoms with Gasteiger partial charge in [0.1, 0.15) is 36.9 Å². The number of unbranched alkanes of at least 4 members (excludes halogenated alkanes) is 13. The third kappa shape index (κ3) is 15.6. The van der Waals surface area contributed by atoms with Crippen molar-refractivity contribution >= 4 is 11.9 Å². The van der Waals surface area contributed by atoms with Gasteiger partial charge in [-0.05, 0) is 97.0 Å². The number of epoxide rings is 2. The maximum absolute atomic E-state index is 12.7. The summed E-state index contributed by atoms with van der Waals surface area (Å²) < 4.78 is 33.1. The van der Waals surface area contributed by atoms with Crippen LogP contribution in [0.2, 0.25) is 0 Å². The molecule has 310 valence electrons. The third-order valence-electron chi connectivity index (χ3n) is 10.8. The van der Waals surface area contributed by atoms with E-state index in [2.05, 4.69) is 0 Å². The van der Waals surface area contributed by atoms with Gasteiger partial charge in [0, 0.05) is 0 Å². The lowest BCUT2D eigenvalue weighted by Crippen LogP contribution is -2.15. The normalized spacial score (nSPS) is 16.0. The highest BCUT2D eigenvalue weighted by molar-refractivity contribution is 5.90. The lowest BCUT2D eigenvalue weighted by atomic mass is 10.0. The Morgan fingerprint density at radius 2 is 0.845 bits per heavy atom. The van der Waals surface area contributed by atoms with Gasteiger partial charge < -0.3 is 28.4 Å². The highest BCUT2D eigenvalue weighted by Gasteiger charge is 2.23. The number of ether oxygens (including phenoxy) is 6. The third-order valence-corrected chi connectivity index (χ3v) is 10.8. The van der Waals surface area contributed by atoms with E-state index in [0.29, 0.717) is 30.9 Å². The quantitative estimate of drug-likeness (QED) is 0.0319. The molecule has 0 bridgehead atoms. The van der Waals surface area contributed by atoms with Crippen molar-refractivity contribution in [1.82, 2.24) is 0 Å². The highest BCUT2D eigenvalue weighted by Crippen LogP contribution is 2.26. The predicted octanol–water partition coefficient (Wildman–Crippen LogP) is 11.8. The fourth-order valence-corrected chi connectivity index (χ4v) is 7.00. The second-order valence-corrected chi connectivity index (χ2v) is 15.8. The summed E-state index contributed by atoms with van der Waals surface area (Å²) in [4.78, 5) is 25.2. The summed E-state index contributed by atoms with van der Waals surface area (Å²) >= 11 is 0. The van der Waals surface area contributed by atoms with Crippen LogP contribution in [0.4, 0.5) is 0 Å². The van der Waals surface area contributed by atoms with Gasteiger partial charge in [0.25, 0.3) is 0 Å². The molecule has 3 unspecified atom stereocenters. The Balaban J connectivity index is 0.695. The van der Waals surface area contributed by atoms with Crippen molar-refractivity contribution in [2.24, 2.45) is 0 Å². The van der Waals surface area contributed by atoms with Crippen LogP contribution in [0.5, 0.6) is 11.5 Å². The number of hydrogen-bond donors (Lipinski definition) is 0. The molecule has 58 heavy (non-hydrogen) atoms. The molecule has 8 nitrogen and oxygen atoms in total. The van der Waals surface area contributed by atoms with Gasteiger partial charge in [-0.15, -0.1) is 0 Å². The van der Waals surface area contributed by atoms with E-state index < -0.39 is 0 Å². The Kier molecular flexibility index (Phi) is 17.5. The van der Waals surface area contributed by atoms with Crippen LogP contribution >= 0.6 is 0 Å². The molecule has 6 rings (SSSR count). The first-order chi connectivity index (χ1) is 28.5. The van der Waals surface area contributed by atoms with Crippen LogP contribution in [-0.2, 0) is 18.9 Å². The first kappa shape index (κ1) is 42.9. The zero-order valence-corrected chi connectivity index (χ0v) is 34.4. The van der Waals surface area contributed by atoms with E-state index in [0.717, 1.165) is 72.6 Å². The number of hydrogen-bond acceptors (Lipinski definition) is 8. The summed E-state index contributed by atoms with van der Waals surface area (Å²) in [5, 5.41) is 0. The van der Waals surface area contributed by atoms with Crippen molar-refractivity contribution in [3.05, 3.63) is 108 Å². The van der Waals surface area contributed by atoms with Gasteiger partial charge in [-0.1, -0.05) is 126 Å². The van der Waals surface area contributed by atoms with E-state index in [4.69, 9.17) is 28.4 Å². The second kappa shape index (κ2) is 23.7. The highest BCUT2D eigenvalue weighted by atomic mass is 16.6. The van der Waals surface area contributed by atoms with Gasteiger partial charge in [0.2, 0.25) is 0 Å². The van der Waals surface area contributed by atoms with Crippen molar-refractivity contribution in [3.63, 3.8) is 0 Å². The number of rotatable bonds is 28. The molecule has 0 amide bonds. The number of carbonyl (C=O) groups is 2. The van der Waals surface area contributed by atoms with Gasteiger partial charge in [0.05, 0.1) is 37.1 Å². The SMILES string of the molecule is CC(CCCCCCCCCCCCCCCCOC(=O)c1ccc(-c2ccc(OCC3CO3)cc2)cc1)OC(=O)c1ccc(-c2ccc(OCC3CO3)cc2)cc1. The molecule has 0 spiro atoms. The zero-order valence-electron chi connectivity index (χ0n) is 34.4. The van der Waals surface area contributed by atoms with Crippen molar-refractivity contribution in [1.29, 1.82) is 0 Å². The van der Waals surface area contributed by atoms with Crippen LogP contribution < -0.4 is 9.47 Å². The summed E-state index contributed by atoms with van der Waals surface area (Å²) in [5.41, 5.74) is 5.42. The number of esters is 2. The maximum Gasteiger partial charge on any atom is 0.338 e. The molecule has 2 fully saturated rings. The topological polar surface area (TPSA) is 96.1 Å². The molecule has 0 saturated carbocycles. The first-order valence-electron chi connectivity index (χ1n) is 21.8. The largest absolute Gasteiger partial charge is 0.491 e. The lowest BCUT2D eigenvalue weighted by Gasteiger charge is -2.13. The van der Waals surface area contributed by atoms with Gasteiger partial charge in [-0.3, -0.25) is 0 Å². The first-order valence-corrected chi connectivity index (χ1v) is 21.8. The molecule has 2 aliphatic rings. The zero-order chi connectivity index (χ0) is 40.2. The van der Waals surface area contributed by atoms with Gasteiger partial charge in [0.15, 0.2) is 0 Å². The van der Waals surface area contributed by atoms with Gasteiger partial charge in [-0.2, -0.15) is 0 Å². The molecule has 2 saturated heterocycles. The van der Waals surface area contributed by atoms with Crippen LogP contribution in [0.15, 0.2) is 97.1 Å². The summed E-state index contributed by atoms with van der Waals surface area (Å²) in [5.74, 6) is 1.15. The Morgan fingerprint density at radius 3 is 1.24 bits per heavy atom. The minimum absolute atomic E-state index is 0.0859. The molecule has 2 aliphatic heterocycles. The monoisotopic (exact) mass is 790 g/mol. The van der Waals surface area contributed by atoms with Crippen molar-refractivity contribution < 1.29 is 38.0 Å². The fourth-order valence-electron chi connectivity index (χ4n) is 7.00. The molecule has 3 atom stereocenters. The molecule has 0 aromatic heterocycles. The molecule has 8 heteroatoms. The summed E-state index contributed by atoms with van der Waals surface area (Å²) in [7, 11) is 0. The molecule has 4 aromatic rings. The Hall–Kier alpha value is -4.66. The molecule has 2 heterocycles. The van der Waals surface area contributed by atoms with Gasteiger partial charge in [-0.25, -0.2) is 9.59 Å². The Bertz CT molecular complexity index is 1780. The predicted molar refractivity (Wildman–Crippen MR) is 229 cm³/mol. The van der Waals surface area contributed by atoms with Crippen LogP contribution in [0.25, 0.3) is 22.3 Å². The molecule has 0 N–H and O–H groups in total. The van der Waals surface area contributed by atoms with Gasteiger partial charge >= 0.3 is 11.9 Å². The number of carbonyl (C=O) groups excluding carboxylic acids is 2. The minimum atomic E-state index is -0.257.